The fourth-order valence-corrected chi connectivity index (χ4v) is 1.99. The molecule has 1 atom stereocenters. The van der Waals surface area contributed by atoms with E-state index in [0.717, 1.165) is 12.1 Å². The molecule has 0 amide bonds. The number of benzene rings is 1. The van der Waals surface area contributed by atoms with Crippen LogP contribution in [0.5, 0.6) is 0 Å². The van der Waals surface area contributed by atoms with Crippen LogP contribution < -0.4 is 5.32 Å². The van der Waals surface area contributed by atoms with Gasteiger partial charge in [0.1, 0.15) is 0 Å². The highest BCUT2D eigenvalue weighted by Gasteiger charge is 2.04. The van der Waals surface area contributed by atoms with Crippen LogP contribution in [0.4, 0.5) is 11.5 Å². The van der Waals surface area contributed by atoms with Crippen molar-refractivity contribution in [3.63, 3.8) is 0 Å². The van der Waals surface area contributed by atoms with Gasteiger partial charge in [0.05, 0.1) is 0 Å². The van der Waals surface area contributed by atoms with Crippen LogP contribution in [0.15, 0.2) is 36.4 Å². The molecule has 0 radical (unpaired) electrons. The van der Waals surface area contributed by atoms with E-state index in [-0.39, 0.29) is 0 Å². The zero-order valence-electron chi connectivity index (χ0n) is 11.5. The lowest BCUT2D eigenvalue weighted by Gasteiger charge is -2.10. The fraction of sp³-hybridized carbons (Fsp3) is 0.286. The van der Waals surface area contributed by atoms with Gasteiger partial charge < -0.3 is 5.32 Å². The summed E-state index contributed by atoms with van der Waals surface area (Å²) in [5.41, 5.74) is 2.97. The highest BCUT2D eigenvalue weighted by atomic mass is 15.6. The number of aromatic nitrogens is 5. The summed E-state index contributed by atoms with van der Waals surface area (Å²) in [4.78, 5) is 0. The largest absolute Gasteiger partial charge is 0.339 e. The lowest BCUT2D eigenvalue weighted by atomic mass is 9.99. The predicted octanol–water partition coefficient (Wildman–Crippen LogP) is 2.78. The lowest BCUT2D eigenvalue weighted by Crippen LogP contribution is -2.00. The first-order valence-corrected chi connectivity index (χ1v) is 6.68. The third kappa shape index (κ3) is 2.45. The molecule has 1 N–H and O–H groups in total. The molecule has 3 aromatic rings. The first-order chi connectivity index (χ1) is 9.76. The van der Waals surface area contributed by atoms with Gasteiger partial charge in [-0.15, -0.1) is 14.8 Å². The van der Waals surface area contributed by atoms with Gasteiger partial charge in [-0.3, -0.25) is 0 Å². The molecule has 0 saturated carbocycles. The quantitative estimate of drug-likeness (QED) is 0.788. The van der Waals surface area contributed by atoms with Crippen molar-refractivity contribution in [1.82, 2.24) is 25.3 Å². The van der Waals surface area contributed by atoms with Crippen molar-refractivity contribution in [2.24, 2.45) is 0 Å². The zero-order chi connectivity index (χ0) is 13.9. The van der Waals surface area contributed by atoms with E-state index in [0.29, 0.717) is 17.4 Å². The molecule has 20 heavy (non-hydrogen) atoms. The van der Waals surface area contributed by atoms with Crippen molar-refractivity contribution in [2.45, 2.75) is 26.2 Å². The summed E-state index contributed by atoms with van der Waals surface area (Å²) in [6, 6.07) is 12.1. The monoisotopic (exact) mass is 268 g/mol. The Morgan fingerprint density at radius 3 is 2.70 bits per heavy atom. The van der Waals surface area contributed by atoms with Crippen molar-refractivity contribution in [3.8, 4) is 0 Å². The molecule has 0 unspecified atom stereocenters. The summed E-state index contributed by atoms with van der Waals surface area (Å²) in [5, 5.41) is 18.7. The van der Waals surface area contributed by atoms with E-state index < -0.39 is 0 Å². The third-order valence-corrected chi connectivity index (χ3v) is 3.43. The van der Waals surface area contributed by atoms with Crippen LogP contribution >= 0.6 is 0 Å². The fourth-order valence-electron chi connectivity index (χ4n) is 1.99. The van der Waals surface area contributed by atoms with E-state index in [9.17, 15) is 0 Å². The molecule has 0 bridgehead atoms. The van der Waals surface area contributed by atoms with Crippen LogP contribution in [0, 0.1) is 0 Å². The van der Waals surface area contributed by atoms with Gasteiger partial charge in [-0.2, -0.15) is 0 Å². The second kappa shape index (κ2) is 5.24. The van der Waals surface area contributed by atoms with Crippen LogP contribution in [-0.4, -0.2) is 25.3 Å². The molecule has 2 aromatic heterocycles. The van der Waals surface area contributed by atoms with E-state index in [2.05, 4.69) is 64.1 Å². The normalized spacial score (nSPS) is 12.5. The Kier molecular flexibility index (Phi) is 3.28. The maximum Gasteiger partial charge on any atom is 0.200 e. The van der Waals surface area contributed by atoms with Gasteiger partial charge in [-0.25, -0.2) is 0 Å². The molecule has 3 rings (SSSR count). The molecule has 2 heterocycles. The number of rotatable bonds is 4. The number of hydrogen-bond acceptors (Lipinski definition) is 5. The predicted molar refractivity (Wildman–Crippen MR) is 77.0 cm³/mol. The molecule has 6 nitrogen and oxygen atoms in total. The molecule has 0 aliphatic carbocycles. The lowest BCUT2D eigenvalue weighted by molar-refractivity contribution is 0.733. The molecule has 0 aliphatic rings. The van der Waals surface area contributed by atoms with E-state index in [4.69, 9.17) is 0 Å². The van der Waals surface area contributed by atoms with Gasteiger partial charge in [-0.05, 0) is 52.6 Å². The van der Waals surface area contributed by atoms with Gasteiger partial charge in [0.15, 0.2) is 11.5 Å². The average Bonchev–Trinajstić information content (AvgIpc) is 2.95. The first kappa shape index (κ1) is 12.5. The van der Waals surface area contributed by atoms with Crippen molar-refractivity contribution >= 4 is 17.2 Å². The van der Waals surface area contributed by atoms with E-state index >= 15 is 0 Å². The summed E-state index contributed by atoms with van der Waals surface area (Å²) in [6.07, 6.45) is 1.14. The second-order valence-electron chi connectivity index (χ2n) is 4.80. The second-order valence-corrected chi connectivity index (χ2v) is 4.80. The molecular formula is C14H16N6. The molecule has 102 valence electrons. The van der Waals surface area contributed by atoms with Crippen molar-refractivity contribution in [3.05, 3.63) is 42.0 Å². The number of hydrogen-bond donors (Lipinski definition) is 1. The van der Waals surface area contributed by atoms with Crippen molar-refractivity contribution in [1.29, 1.82) is 0 Å². The number of fused-ring (bicyclic) bond motifs is 1. The number of tetrazole rings is 1. The number of nitrogens with zero attached hydrogens (tertiary/aromatic N) is 5. The van der Waals surface area contributed by atoms with Crippen LogP contribution in [0.2, 0.25) is 0 Å². The Balaban J connectivity index is 1.79. The highest BCUT2D eigenvalue weighted by Crippen LogP contribution is 2.21. The molecule has 0 aliphatic heterocycles. The molecule has 6 heteroatoms. The van der Waals surface area contributed by atoms with Crippen LogP contribution in [0.3, 0.4) is 0 Å². The molecule has 0 fully saturated rings. The third-order valence-electron chi connectivity index (χ3n) is 3.43. The smallest absolute Gasteiger partial charge is 0.200 e. The Morgan fingerprint density at radius 2 is 1.95 bits per heavy atom. The van der Waals surface area contributed by atoms with Gasteiger partial charge in [0.25, 0.3) is 0 Å². The minimum Gasteiger partial charge on any atom is -0.339 e. The maximum absolute atomic E-state index is 4.27. The number of nitrogens with one attached hydrogen (secondary N) is 1. The standard InChI is InChI=1S/C14H16N6/c1-3-10(2)11-4-6-12(7-5-11)15-13-8-9-14-16-18-19-20(14)17-13/h4-10H,3H2,1-2H3,(H,15,17)/t10-/m1/s1. The minimum atomic E-state index is 0.583. The van der Waals surface area contributed by atoms with Gasteiger partial charge in [0.2, 0.25) is 0 Å². The van der Waals surface area contributed by atoms with Gasteiger partial charge in [-0.1, -0.05) is 26.0 Å². The Bertz CT molecular complexity index is 703. The molecule has 0 saturated heterocycles. The van der Waals surface area contributed by atoms with Gasteiger partial charge in [0, 0.05) is 5.69 Å². The summed E-state index contributed by atoms with van der Waals surface area (Å²) in [7, 11) is 0. The molecule has 1 aromatic carbocycles. The first-order valence-electron chi connectivity index (χ1n) is 6.68. The number of anilines is 2. The zero-order valence-corrected chi connectivity index (χ0v) is 11.5. The van der Waals surface area contributed by atoms with Gasteiger partial charge >= 0.3 is 0 Å². The van der Waals surface area contributed by atoms with Crippen LogP contribution in [0.25, 0.3) is 5.65 Å². The SMILES string of the molecule is CC[C@@H](C)c1ccc(Nc2ccc3nnnn3n2)cc1. The summed E-state index contributed by atoms with van der Waals surface area (Å²) < 4.78 is 1.40. The summed E-state index contributed by atoms with van der Waals surface area (Å²) in [5.74, 6) is 1.29. The van der Waals surface area contributed by atoms with E-state index in [1.54, 1.807) is 0 Å². The molecule has 0 spiro atoms. The summed E-state index contributed by atoms with van der Waals surface area (Å²) >= 11 is 0. The van der Waals surface area contributed by atoms with E-state index in [1.165, 1.54) is 10.2 Å². The van der Waals surface area contributed by atoms with E-state index in [1.807, 2.05) is 12.1 Å². The topological polar surface area (TPSA) is 68.0 Å². The minimum absolute atomic E-state index is 0.583. The van der Waals surface area contributed by atoms with Crippen LogP contribution in [-0.2, 0) is 0 Å². The Hall–Kier alpha value is -2.50. The van der Waals surface area contributed by atoms with Crippen molar-refractivity contribution < 1.29 is 0 Å². The Morgan fingerprint density at radius 1 is 1.15 bits per heavy atom. The maximum atomic E-state index is 4.27. The summed E-state index contributed by atoms with van der Waals surface area (Å²) in [6.45, 7) is 4.43. The average molecular weight is 268 g/mol. The highest BCUT2D eigenvalue weighted by molar-refractivity contribution is 5.57. The van der Waals surface area contributed by atoms with Crippen molar-refractivity contribution in [2.75, 3.05) is 5.32 Å². The van der Waals surface area contributed by atoms with Crippen LogP contribution in [0.1, 0.15) is 31.7 Å². The Labute approximate surface area is 116 Å². The molecular weight excluding hydrogens is 252 g/mol.